The molecule has 5 rings (SSSR count). The topological polar surface area (TPSA) is 145 Å². The molecule has 0 bridgehead atoms. The lowest BCUT2D eigenvalue weighted by Crippen LogP contribution is -2.51. The van der Waals surface area contributed by atoms with Crippen LogP contribution < -0.4 is 20.9 Å². The summed E-state index contributed by atoms with van der Waals surface area (Å²) in [6.07, 6.45) is 7.54. The maximum atomic E-state index is 14.2. The van der Waals surface area contributed by atoms with Crippen LogP contribution in [0, 0.1) is 0 Å². The van der Waals surface area contributed by atoms with E-state index in [2.05, 4.69) is 22.0 Å². The maximum Gasteiger partial charge on any atom is 0.252 e. The Balaban J connectivity index is 1.38. The van der Waals surface area contributed by atoms with E-state index in [0.717, 1.165) is 21.7 Å². The number of allylic oxidation sites excluding steroid dienone is 2. The zero-order valence-corrected chi connectivity index (χ0v) is 30.8. The number of carbonyl (C=O) groups is 3. The molecule has 3 aromatic rings. The number of β-amino-alcohol motifs (C(OH)–C–C–N with tert-alkyl or cyclic N) is 1. The van der Waals surface area contributed by atoms with Gasteiger partial charge in [0.2, 0.25) is 22.1 Å². The molecule has 51 heavy (non-hydrogen) atoms. The molecule has 3 atom stereocenters. The number of aryl methyl sites for hydroxylation is 1. The quantitative estimate of drug-likeness (QED) is 0.160. The van der Waals surface area contributed by atoms with Crippen molar-refractivity contribution in [3.63, 3.8) is 0 Å². The summed E-state index contributed by atoms with van der Waals surface area (Å²) < 4.78 is 24.4. The Morgan fingerprint density at radius 3 is 2.43 bits per heavy atom. The average Bonchev–Trinajstić information content (AvgIpc) is 3.23. The van der Waals surface area contributed by atoms with Crippen molar-refractivity contribution in [2.75, 3.05) is 17.7 Å². The number of benzene rings is 3. The van der Waals surface area contributed by atoms with Crippen molar-refractivity contribution in [3.05, 3.63) is 113 Å². The Morgan fingerprint density at radius 1 is 1.04 bits per heavy atom. The number of hydrogen-bond donors (Lipinski definition) is 4. The van der Waals surface area contributed by atoms with Crippen molar-refractivity contribution >= 4 is 55.9 Å². The third kappa shape index (κ3) is 9.65. The molecule has 4 N–H and O–H groups in total. The molecule has 3 amide bonds. The van der Waals surface area contributed by atoms with E-state index < -0.39 is 39.9 Å². The lowest BCUT2D eigenvalue weighted by atomic mass is 9.91. The molecular formula is C39H44N4O6S2. The number of rotatable bonds is 12. The number of amides is 3. The van der Waals surface area contributed by atoms with Crippen molar-refractivity contribution in [3.8, 4) is 0 Å². The van der Waals surface area contributed by atoms with E-state index in [-0.39, 0.29) is 29.6 Å². The summed E-state index contributed by atoms with van der Waals surface area (Å²) in [7, 11) is -2.57. The van der Waals surface area contributed by atoms with E-state index in [4.69, 9.17) is 0 Å². The smallest absolute Gasteiger partial charge is 0.252 e. The number of thioether (sulfide) groups is 1. The van der Waals surface area contributed by atoms with Crippen LogP contribution in [0.25, 0.3) is 5.57 Å². The summed E-state index contributed by atoms with van der Waals surface area (Å²) in [5.41, 5.74) is 3.80. The van der Waals surface area contributed by atoms with Gasteiger partial charge in [0.15, 0.2) is 0 Å². The van der Waals surface area contributed by atoms with Crippen LogP contribution in [0.4, 0.5) is 5.69 Å². The number of nitrogens with zero attached hydrogens (tertiary/aromatic N) is 1. The standard InChI is InChI=1S/C39H44N4O6S2/c1-25(44)23-40-39(2,3)22-35(45)41-32-19-17-29-21-30(50-4)18-20-33(29)43(38(32)47)24-26-13-15-27(16-14-26)31-11-8-12-34(51(48)49)36(31)42-37(46)28-9-6-5-7-10-28/h5-16,18,20-21,25,32,36,40,44H,17,19,22-24H2,1-4H3,(H,41,45)(H,42,46)/t25-,32-,36?/m1/s1. The van der Waals surface area contributed by atoms with Gasteiger partial charge in [-0.2, -0.15) is 8.42 Å². The zero-order valence-electron chi connectivity index (χ0n) is 29.2. The third-order valence-corrected chi connectivity index (χ3v) is 10.4. The summed E-state index contributed by atoms with van der Waals surface area (Å²) in [6.45, 7) is 6.04. The lowest BCUT2D eigenvalue weighted by Gasteiger charge is -2.29. The predicted octanol–water partition coefficient (Wildman–Crippen LogP) is 4.32. The second-order valence-corrected chi connectivity index (χ2v) is 15.3. The van der Waals surface area contributed by atoms with Crippen LogP contribution in [-0.4, -0.2) is 72.6 Å². The Morgan fingerprint density at radius 2 is 1.76 bits per heavy atom. The van der Waals surface area contributed by atoms with Crippen LogP contribution >= 0.6 is 11.8 Å². The van der Waals surface area contributed by atoms with E-state index >= 15 is 0 Å². The Hall–Kier alpha value is -4.49. The fraction of sp³-hybridized carbons (Fsp3) is 0.333. The second-order valence-electron chi connectivity index (χ2n) is 13.5. The molecular weight excluding hydrogens is 685 g/mol. The van der Waals surface area contributed by atoms with E-state index in [9.17, 15) is 27.9 Å². The number of nitrogens with one attached hydrogen (secondary N) is 3. The van der Waals surface area contributed by atoms with Crippen LogP contribution in [0.3, 0.4) is 0 Å². The molecule has 268 valence electrons. The molecule has 1 heterocycles. The summed E-state index contributed by atoms with van der Waals surface area (Å²) in [6, 6.07) is 20.5. The molecule has 10 nitrogen and oxygen atoms in total. The first-order valence-corrected chi connectivity index (χ1v) is 19.2. The molecule has 0 fully saturated rings. The molecule has 0 saturated carbocycles. The van der Waals surface area contributed by atoms with Gasteiger partial charge in [0.25, 0.3) is 5.91 Å². The van der Waals surface area contributed by atoms with Crippen molar-refractivity contribution in [2.45, 2.75) is 75.2 Å². The number of carbonyl (C=O) groups excluding carboxylic acids is 3. The number of aliphatic hydroxyl groups excluding tert-OH is 1. The Labute approximate surface area is 304 Å². The first-order valence-electron chi connectivity index (χ1n) is 16.9. The zero-order chi connectivity index (χ0) is 36.7. The van der Waals surface area contributed by atoms with Crippen LogP contribution in [-0.2, 0) is 32.8 Å². The Bertz CT molecular complexity index is 1960. The lowest BCUT2D eigenvalue weighted by molar-refractivity contribution is -0.128. The largest absolute Gasteiger partial charge is 0.392 e. The highest BCUT2D eigenvalue weighted by Gasteiger charge is 2.33. The highest BCUT2D eigenvalue weighted by molar-refractivity contribution is 7.98. The van der Waals surface area contributed by atoms with E-state index in [1.807, 2.05) is 56.5 Å². The SMILES string of the molecule is CSc1ccc2c(c1)CC[C@@H](NC(=O)CC(C)(C)NC[C@@H](C)O)C(=O)N2Cc1ccc(C2=CC=CC(=S(=O)=O)C2NC(=O)c2ccccc2)cc1. The van der Waals surface area contributed by atoms with Gasteiger partial charge in [-0.15, -0.1) is 11.8 Å². The van der Waals surface area contributed by atoms with Crippen LogP contribution in [0.2, 0.25) is 0 Å². The molecule has 12 heteroatoms. The molecule has 1 unspecified atom stereocenters. The van der Waals surface area contributed by atoms with Crippen molar-refractivity contribution in [1.82, 2.24) is 16.0 Å². The summed E-state index contributed by atoms with van der Waals surface area (Å²) in [5.74, 6) is -0.861. The van der Waals surface area contributed by atoms with Gasteiger partial charge in [-0.1, -0.05) is 54.6 Å². The maximum absolute atomic E-state index is 14.2. The van der Waals surface area contributed by atoms with E-state index in [0.29, 0.717) is 36.1 Å². The van der Waals surface area contributed by atoms with Gasteiger partial charge in [-0.05, 0) is 98.5 Å². The van der Waals surface area contributed by atoms with Gasteiger partial charge in [0.05, 0.1) is 23.6 Å². The molecule has 0 aromatic heterocycles. The van der Waals surface area contributed by atoms with Crippen LogP contribution in [0.15, 0.2) is 95.9 Å². The van der Waals surface area contributed by atoms with E-state index in [1.54, 1.807) is 66.1 Å². The highest BCUT2D eigenvalue weighted by Crippen LogP contribution is 2.33. The highest BCUT2D eigenvalue weighted by atomic mass is 32.2. The molecule has 0 radical (unpaired) electrons. The van der Waals surface area contributed by atoms with Gasteiger partial charge in [0, 0.05) is 34.7 Å². The average molecular weight is 729 g/mol. The number of anilines is 1. The van der Waals surface area contributed by atoms with Crippen molar-refractivity contribution in [2.24, 2.45) is 0 Å². The molecule has 2 aliphatic rings. The fourth-order valence-electron chi connectivity index (χ4n) is 6.26. The number of aliphatic hydroxyl groups is 1. The minimum absolute atomic E-state index is 0.0486. The molecule has 0 spiro atoms. The van der Waals surface area contributed by atoms with Crippen molar-refractivity contribution in [1.29, 1.82) is 0 Å². The van der Waals surface area contributed by atoms with Gasteiger partial charge in [-0.25, -0.2) is 0 Å². The first-order chi connectivity index (χ1) is 24.3. The minimum atomic E-state index is -2.57. The first kappa shape index (κ1) is 37.8. The Kier molecular flexibility index (Phi) is 12.4. The van der Waals surface area contributed by atoms with Gasteiger partial charge < -0.3 is 26.0 Å². The van der Waals surface area contributed by atoms with Gasteiger partial charge >= 0.3 is 0 Å². The summed E-state index contributed by atoms with van der Waals surface area (Å²) in [5, 5.41) is 18.8. The number of hydrogen-bond acceptors (Lipinski definition) is 8. The van der Waals surface area contributed by atoms with Crippen LogP contribution in [0.1, 0.15) is 60.7 Å². The summed E-state index contributed by atoms with van der Waals surface area (Å²) in [4.78, 5) is 43.4. The predicted molar refractivity (Wildman–Crippen MR) is 203 cm³/mol. The van der Waals surface area contributed by atoms with Gasteiger partial charge in [-0.3, -0.25) is 14.4 Å². The molecule has 3 aromatic carbocycles. The normalized spacial score (nSPS) is 18.0. The third-order valence-electron chi connectivity index (χ3n) is 8.92. The fourth-order valence-corrected chi connectivity index (χ4v) is 7.29. The molecule has 0 saturated heterocycles. The monoisotopic (exact) mass is 728 g/mol. The van der Waals surface area contributed by atoms with Crippen LogP contribution in [0.5, 0.6) is 0 Å². The summed E-state index contributed by atoms with van der Waals surface area (Å²) >= 11 is 1.62. The number of fused-ring (bicyclic) bond motifs is 1. The second kappa shape index (κ2) is 16.7. The van der Waals surface area contributed by atoms with E-state index in [1.165, 1.54) is 6.08 Å². The van der Waals surface area contributed by atoms with Gasteiger partial charge in [0.1, 0.15) is 6.04 Å². The minimum Gasteiger partial charge on any atom is -0.392 e. The molecule has 1 aliphatic heterocycles. The van der Waals surface area contributed by atoms with Crippen molar-refractivity contribution < 1.29 is 27.9 Å². The molecule has 1 aliphatic carbocycles.